The highest BCUT2D eigenvalue weighted by Gasteiger charge is 2.13. The van der Waals surface area contributed by atoms with Gasteiger partial charge in [0.25, 0.3) is 11.8 Å². The van der Waals surface area contributed by atoms with Gasteiger partial charge in [-0.05, 0) is 35.7 Å². The number of amides is 2. The summed E-state index contributed by atoms with van der Waals surface area (Å²) < 4.78 is 0. The van der Waals surface area contributed by atoms with Gasteiger partial charge < -0.3 is 5.32 Å². The molecule has 0 unspecified atom stereocenters. The standard InChI is InChI=1S/C19H15N3O2S/c23-18(14-7-2-1-3-8-14)21-17-11-5-4-10-16(17)19(24)22-20-13-15-9-6-12-25-15/h1-13H,(H,21,23)(H,22,24). The minimum atomic E-state index is -0.392. The Morgan fingerprint density at radius 3 is 2.40 bits per heavy atom. The van der Waals surface area contributed by atoms with Crippen molar-refractivity contribution in [2.75, 3.05) is 5.32 Å². The van der Waals surface area contributed by atoms with Gasteiger partial charge in [0.1, 0.15) is 0 Å². The summed E-state index contributed by atoms with van der Waals surface area (Å²) in [5.74, 6) is -0.667. The summed E-state index contributed by atoms with van der Waals surface area (Å²) in [6.07, 6.45) is 1.58. The maximum atomic E-state index is 12.3. The topological polar surface area (TPSA) is 70.6 Å². The van der Waals surface area contributed by atoms with Gasteiger partial charge >= 0.3 is 0 Å². The second kappa shape index (κ2) is 8.03. The monoisotopic (exact) mass is 349 g/mol. The van der Waals surface area contributed by atoms with Crippen molar-refractivity contribution in [3.63, 3.8) is 0 Å². The molecule has 0 aliphatic carbocycles. The van der Waals surface area contributed by atoms with Crippen LogP contribution in [0.25, 0.3) is 0 Å². The van der Waals surface area contributed by atoms with Gasteiger partial charge in [-0.3, -0.25) is 9.59 Å². The fourth-order valence-electron chi connectivity index (χ4n) is 2.15. The van der Waals surface area contributed by atoms with Gasteiger partial charge in [-0.25, -0.2) is 5.43 Å². The number of hydrazone groups is 1. The van der Waals surface area contributed by atoms with Crippen molar-refractivity contribution in [2.45, 2.75) is 0 Å². The molecule has 2 amide bonds. The summed E-state index contributed by atoms with van der Waals surface area (Å²) in [6.45, 7) is 0. The molecule has 25 heavy (non-hydrogen) atoms. The smallest absolute Gasteiger partial charge is 0.273 e. The average Bonchev–Trinajstić information content (AvgIpc) is 3.16. The Kier molecular flexibility index (Phi) is 5.33. The highest BCUT2D eigenvalue weighted by Crippen LogP contribution is 2.16. The lowest BCUT2D eigenvalue weighted by molar-refractivity contribution is 0.0956. The zero-order valence-corrected chi connectivity index (χ0v) is 14.0. The number of anilines is 1. The summed E-state index contributed by atoms with van der Waals surface area (Å²) in [5, 5.41) is 8.63. The molecule has 0 fully saturated rings. The fourth-order valence-corrected chi connectivity index (χ4v) is 2.74. The van der Waals surface area contributed by atoms with Gasteiger partial charge in [-0.15, -0.1) is 11.3 Å². The predicted octanol–water partition coefficient (Wildman–Crippen LogP) is 3.76. The van der Waals surface area contributed by atoms with Gasteiger partial charge in [-0.2, -0.15) is 5.10 Å². The molecule has 0 aliphatic rings. The number of nitrogens with one attached hydrogen (secondary N) is 2. The maximum absolute atomic E-state index is 12.3. The molecule has 1 aromatic heterocycles. The van der Waals surface area contributed by atoms with E-state index in [1.807, 2.05) is 23.6 Å². The van der Waals surface area contributed by atoms with Gasteiger partial charge in [0.05, 0.1) is 17.5 Å². The van der Waals surface area contributed by atoms with E-state index in [1.165, 1.54) is 11.3 Å². The number of hydrogen-bond acceptors (Lipinski definition) is 4. The summed E-state index contributed by atoms with van der Waals surface area (Å²) in [7, 11) is 0. The number of hydrogen-bond donors (Lipinski definition) is 2. The number of nitrogens with zero attached hydrogens (tertiary/aromatic N) is 1. The van der Waals surface area contributed by atoms with E-state index >= 15 is 0 Å². The largest absolute Gasteiger partial charge is 0.321 e. The Balaban J connectivity index is 1.72. The van der Waals surface area contributed by atoms with Gasteiger partial charge in [0.2, 0.25) is 0 Å². The van der Waals surface area contributed by atoms with E-state index in [9.17, 15) is 9.59 Å². The molecule has 6 heteroatoms. The molecule has 0 radical (unpaired) electrons. The average molecular weight is 349 g/mol. The first-order chi connectivity index (χ1) is 12.2. The van der Waals surface area contributed by atoms with Crippen LogP contribution < -0.4 is 10.7 Å². The molecule has 0 saturated carbocycles. The van der Waals surface area contributed by atoms with Crippen LogP contribution in [0.3, 0.4) is 0 Å². The summed E-state index contributed by atoms with van der Waals surface area (Å²) in [5.41, 5.74) is 3.77. The third-order valence-electron chi connectivity index (χ3n) is 3.36. The molecule has 124 valence electrons. The number of rotatable bonds is 5. The zero-order chi connectivity index (χ0) is 17.5. The van der Waals surface area contributed by atoms with Crippen LogP contribution in [0.15, 0.2) is 77.2 Å². The van der Waals surface area contributed by atoms with Crippen molar-refractivity contribution in [3.05, 3.63) is 88.1 Å². The Labute approximate surface area is 149 Å². The molecule has 0 atom stereocenters. The van der Waals surface area contributed by atoms with Crippen molar-refractivity contribution < 1.29 is 9.59 Å². The minimum Gasteiger partial charge on any atom is -0.321 e. The maximum Gasteiger partial charge on any atom is 0.273 e. The Hall–Kier alpha value is -3.25. The summed E-state index contributed by atoms with van der Waals surface area (Å²) in [4.78, 5) is 25.6. The number of benzene rings is 2. The highest BCUT2D eigenvalue weighted by atomic mass is 32.1. The minimum absolute atomic E-state index is 0.275. The molecule has 0 bridgehead atoms. The van der Waals surface area contributed by atoms with Crippen LogP contribution in [-0.2, 0) is 0 Å². The van der Waals surface area contributed by atoms with E-state index in [0.29, 0.717) is 16.8 Å². The summed E-state index contributed by atoms with van der Waals surface area (Å²) >= 11 is 1.52. The molecule has 0 spiro atoms. The van der Waals surface area contributed by atoms with Crippen LogP contribution in [-0.4, -0.2) is 18.0 Å². The fraction of sp³-hybridized carbons (Fsp3) is 0. The van der Waals surface area contributed by atoms with Gasteiger partial charge in [0, 0.05) is 10.4 Å². The molecule has 5 nitrogen and oxygen atoms in total. The first-order valence-electron chi connectivity index (χ1n) is 7.56. The second-order valence-electron chi connectivity index (χ2n) is 5.08. The van der Waals surface area contributed by atoms with Gasteiger partial charge in [-0.1, -0.05) is 36.4 Å². The number of thiophene rings is 1. The van der Waals surface area contributed by atoms with E-state index in [0.717, 1.165) is 4.88 Å². The third-order valence-corrected chi connectivity index (χ3v) is 4.16. The Morgan fingerprint density at radius 1 is 0.880 bits per heavy atom. The number of para-hydroxylation sites is 1. The highest BCUT2D eigenvalue weighted by molar-refractivity contribution is 7.11. The van der Waals surface area contributed by atoms with Crippen LogP contribution in [0.4, 0.5) is 5.69 Å². The van der Waals surface area contributed by atoms with E-state index < -0.39 is 5.91 Å². The van der Waals surface area contributed by atoms with E-state index in [1.54, 1.807) is 54.7 Å². The van der Waals surface area contributed by atoms with Crippen molar-refractivity contribution in [2.24, 2.45) is 5.10 Å². The predicted molar refractivity (Wildman–Crippen MR) is 100 cm³/mol. The molecule has 3 aromatic rings. The SMILES string of the molecule is O=C(Nc1ccccc1C(=O)NN=Cc1cccs1)c1ccccc1. The molecule has 2 N–H and O–H groups in total. The number of carbonyl (C=O) groups is 2. The van der Waals surface area contributed by atoms with E-state index in [-0.39, 0.29) is 5.91 Å². The van der Waals surface area contributed by atoms with Crippen molar-refractivity contribution in [1.82, 2.24) is 5.43 Å². The van der Waals surface area contributed by atoms with Gasteiger partial charge in [0.15, 0.2) is 0 Å². The van der Waals surface area contributed by atoms with E-state index in [2.05, 4.69) is 15.8 Å². The van der Waals surface area contributed by atoms with Crippen molar-refractivity contribution >= 4 is 35.1 Å². The summed E-state index contributed by atoms with van der Waals surface area (Å²) in [6, 6.07) is 19.4. The van der Waals surface area contributed by atoms with E-state index in [4.69, 9.17) is 0 Å². The normalized spacial score (nSPS) is 10.6. The first-order valence-corrected chi connectivity index (χ1v) is 8.44. The third kappa shape index (κ3) is 4.39. The molecule has 1 heterocycles. The first kappa shape index (κ1) is 16.6. The molecular weight excluding hydrogens is 334 g/mol. The lowest BCUT2D eigenvalue weighted by Gasteiger charge is -2.10. The number of carbonyl (C=O) groups excluding carboxylic acids is 2. The second-order valence-corrected chi connectivity index (χ2v) is 6.06. The lowest BCUT2D eigenvalue weighted by atomic mass is 10.1. The van der Waals surface area contributed by atoms with Crippen molar-refractivity contribution in [3.8, 4) is 0 Å². The molecule has 0 aliphatic heterocycles. The van der Waals surface area contributed by atoms with Crippen molar-refractivity contribution in [1.29, 1.82) is 0 Å². The van der Waals surface area contributed by atoms with Crippen LogP contribution in [0.1, 0.15) is 25.6 Å². The molecule has 3 rings (SSSR count). The molecule has 2 aromatic carbocycles. The zero-order valence-electron chi connectivity index (χ0n) is 13.2. The Bertz CT molecular complexity index is 890. The van der Waals surface area contributed by atoms with Crippen LogP contribution in [0.5, 0.6) is 0 Å². The Morgan fingerprint density at radius 2 is 1.64 bits per heavy atom. The quantitative estimate of drug-likeness (QED) is 0.544. The van der Waals surface area contributed by atoms with Crippen LogP contribution in [0, 0.1) is 0 Å². The van der Waals surface area contributed by atoms with Crippen LogP contribution >= 0.6 is 11.3 Å². The molecule has 0 saturated heterocycles. The lowest BCUT2D eigenvalue weighted by Crippen LogP contribution is -2.21. The van der Waals surface area contributed by atoms with Crippen LogP contribution in [0.2, 0.25) is 0 Å². The molecular formula is C19H15N3O2S.